The molecule has 0 fully saturated rings. The molecular weight excluding hydrogens is 191 g/mol. The molecule has 0 aromatic heterocycles. The van der Waals surface area contributed by atoms with Crippen molar-refractivity contribution in [1.29, 1.82) is 0 Å². The molecule has 0 aliphatic carbocycles. The lowest BCUT2D eigenvalue weighted by atomic mass is 9.89. The van der Waals surface area contributed by atoms with Gasteiger partial charge in [-0.05, 0) is 36.6 Å². The summed E-state index contributed by atoms with van der Waals surface area (Å²) in [6, 6.07) is 4.48. The van der Waals surface area contributed by atoms with Crippen LogP contribution in [0.1, 0.15) is 36.7 Å². The Morgan fingerprint density at radius 1 is 1.20 bits per heavy atom. The molecule has 0 heterocycles. The molecule has 0 spiro atoms. The highest BCUT2D eigenvalue weighted by molar-refractivity contribution is 5.97. The van der Waals surface area contributed by atoms with Crippen LogP contribution >= 0.6 is 0 Å². The molecule has 0 N–H and O–H groups in total. The van der Waals surface area contributed by atoms with Gasteiger partial charge in [0.2, 0.25) is 0 Å². The average molecular weight is 208 g/mol. The van der Waals surface area contributed by atoms with E-state index in [2.05, 4.69) is 0 Å². The number of benzene rings is 1. The number of ketones is 1. The summed E-state index contributed by atoms with van der Waals surface area (Å²) in [5.41, 5.74) is 1.27. The minimum atomic E-state index is -0.339. The second kappa shape index (κ2) is 4.56. The van der Waals surface area contributed by atoms with E-state index in [1.165, 1.54) is 12.1 Å². The summed E-state index contributed by atoms with van der Waals surface area (Å²) >= 11 is 0. The lowest BCUT2D eigenvalue weighted by Crippen LogP contribution is -2.17. The van der Waals surface area contributed by atoms with Crippen molar-refractivity contribution in [3.8, 4) is 0 Å². The van der Waals surface area contributed by atoms with Crippen LogP contribution < -0.4 is 0 Å². The maximum absolute atomic E-state index is 13.1. The van der Waals surface area contributed by atoms with Crippen LogP contribution in [-0.2, 0) is 0 Å². The fourth-order valence-electron chi connectivity index (χ4n) is 1.44. The first-order valence-corrected chi connectivity index (χ1v) is 5.23. The molecule has 0 aliphatic rings. The van der Waals surface area contributed by atoms with Gasteiger partial charge in [0, 0.05) is 11.5 Å². The van der Waals surface area contributed by atoms with Gasteiger partial charge in [0.25, 0.3) is 0 Å². The van der Waals surface area contributed by atoms with E-state index in [1.807, 2.05) is 20.8 Å². The van der Waals surface area contributed by atoms with Gasteiger partial charge in [0.15, 0.2) is 5.78 Å². The zero-order chi connectivity index (χ0) is 11.6. The van der Waals surface area contributed by atoms with Crippen molar-refractivity contribution in [3.05, 3.63) is 35.1 Å². The van der Waals surface area contributed by atoms with Crippen LogP contribution in [0.15, 0.2) is 18.2 Å². The lowest BCUT2D eigenvalue weighted by Gasteiger charge is -2.14. The van der Waals surface area contributed by atoms with E-state index in [0.29, 0.717) is 5.56 Å². The summed E-state index contributed by atoms with van der Waals surface area (Å²) in [7, 11) is 0. The molecule has 15 heavy (non-hydrogen) atoms. The van der Waals surface area contributed by atoms with Gasteiger partial charge in [-0.25, -0.2) is 4.39 Å². The van der Waals surface area contributed by atoms with Crippen molar-refractivity contribution in [2.24, 2.45) is 11.8 Å². The number of Topliss-reactive ketones (excluding diaryl/α,β-unsaturated/α-hetero) is 1. The number of carbonyl (C=O) groups excluding carboxylic acids is 1. The van der Waals surface area contributed by atoms with E-state index >= 15 is 0 Å². The zero-order valence-corrected chi connectivity index (χ0v) is 9.67. The Hall–Kier alpha value is -1.18. The van der Waals surface area contributed by atoms with Gasteiger partial charge in [0.1, 0.15) is 5.82 Å². The summed E-state index contributed by atoms with van der Waals surface area (Å²) < 4.78 is 13.1. The van der Waals surface area contributed by atoms with E-state index in [-0.39, 0.29) is 23.4 Å². The van der Waals surface area contributed by atoms with Crippen LogP contribution in [-0.4, -0.2) is 5.78 Å². The molecule has 0 aliphatic heterocycles. The number of rotatable bonds is 3. The van der Waals surface area contributed by atoms with Crippen LogP contribution in [0, 0.1) is 24.6 Å². The maximum Gasteiger partial charge on any atom is 0.166 e. The summed E-state index contributed by atoms with van der Waals surface area (Å²) in [5.74, 6) is -0.103. The van der Waals surface area contributed by atoms with Crippen LogP contribution in [0.4, 0.5) is 4.39 Å². The van der Waals surface area contributed by atoms with Gasteiger partial charge in [0.05, 0.1) is 0 Å². The molecular formula is C13H17FO. The molecule has 1 nitrogen and oxygen atoms in total. The van der Waals surface area contributed by atoms with Crippen LogP contribution in [0.2, 0.25) is 0 Å². The topological polar surface area (TPSA) is 17.1 Å². The number of halogens is 1. The third-order valence-corrected chi connectivity index (χ3v) is 2.74. The van der Waals surface area contributed by atoms with E-state index in [9.17, 15) is 9.18 Å². The molecule has 2 heteroatoms. The van der Waals surface area contributed by atoms with Crippen molar-refractivity contribution >= 4 is 5.78 Å². The highest BCUT2D eigenvalue weighted by Gasteiger charge is 2.18. The Balaban J connectivity index is 3.01. The minimum Gasteiger partial charge on any atom is -0.294 e. The standard InChI is InChI=1S/C13H17FO/c1-8(2)10(4)13(15)11-5-9(3)6-12(14)7-11/h5-8,10H,1-4H3. The monoisotopic (exact) mass is 208 g/mol. The van der Waals surface area contributed by atoms with Crippen molar-refractivity contribution in [2.45, 2.75) is 27.7 Å². The van der Waals surface area contributed by atoms with Gasteiger partial charge >= 0.3 is 0 Å². The minimum absolute atomic E-state index is 0.0209. The SMILES string of the molecule is Cc1cc(F)cc(C(=O)C(C)C(C)C)c1. The first kappa shape index (κ1) is 11.9. The smallest absolute Gasteiger partial charge is 0.166 e. The molecule has 82 valence electrons. The van der Waals surface area contributed by atoms with E-state index in [4.69, 9.17) is 0 Å². The summed E-state index contributed by atoms with van der Waals surface area (Å²) in [6.45, 7) is 7.66. The second-order valence-corrected chi connectivity index (χ2v) is 4.41. The molecule has 0 bridgehead atoms. The summed E-state index contributed by atoms with van der Waals surface area (Å²) in [4.78, 5) is 11.9. The molecule has 0 saturated carbocycles. The molecule has 1 aromatic rings. The predicted octanol–water partition coefficient (Wildman–Crippen LogP) is 3.61. The third kappa shape index (κ3) is 2.88. The fraction of sp³-hybridized carbons (Fsp3) is 0.462. The van der Waals surface area contributed by atoms with Gasteiger partial charge in [-0.15, -0.1) is 0 Å². The first-order valence-electron chi connectivity index (χ1n) is 5.23. The van der Waals surface area contributed by atoms with Crippen molar-refractivity contribution in [3.63, 3.8) is 0 Å². The largest absolute Gasteiger partial charge is 0.294 e. The van der Waals surface area contributed by atoms with Crippen molar-refractivity contribution in [1.82, 2.24) is 0 Å². The van der Waals surface area contributed by atoms with E-state index < -0.39 is 0 Å². The van der Waals surface area contributed by atoms with Crippen molar-refractivity contribution < 1.29 is 9.18 Å². The Labute approximate surface area is 90.3 Å². The van der Waals surface area contributed by atoms with E-state index in [0.717, 1.165) is 5.56 Å². The van der Waals surface area contributed by atoms with Gasteiger partial charge < -0.3 is 0 Å². The average Bonchev–Trinajstić information content (AvgIpc) is 2.13. The Bertz CT molecular complexity index is 349. The Morgan fingerprint density at radius 3 is 2.27 bits per heavy atom. The number of aryl methyl sites for hydroxylation is 1. The lowest BCUT2D eigenvalue weighted by molar-refractivity contribution is 0.0899. The second-order valence-electron chi connectivity index (χ2n) is 4.41. The third-order valence-electron chi connectivity index (χ3n) is 2.74. The number of carbonyl (C=O) groups is 1. The Morgan fingerprint density at radius 2 is 1.80 bits per heavy atom. The predicted molar refractivity (Wildman–Crippen MR) is 59.5 cm³/mol. The summed E-state index contributed by atoms with van der Waals surface area (Å²) in [6.07, 6.45) is 0. The number of hydrogen-bond donors (Lipinski definition) is 0. The summed E-state index contributed by atoms with van der Waals surface area (Å²) in [5, 5.41) is 0. The van der Waals surface area contributed by atoms with Crippen LogP contribution in [0.5, 0.6) is 0 Å². The first-order chi connectivity index (χ1) is 6.91. The molecule has 0 saturated heterocycles. The molecule has 0 radical (unpaired) electrons. The highest BCUT2D eigenvalue weighted by Crippen LogP contribution is 2.18. The zero-order valence-electron chi connectivity index (χ0n) is 9.67. The highest BCUT2D eigenvalue weighted by atomic mass is 19.1. The molecule has 0 amide bonds. The quantitative estimate of drug-likeness (QED) is 0.693. The number of hydrogen-bond acceptors (Lipinski definition) is 1. The molecule has 1 aromatic carbocycles. The van der Waals surface area contributed by atoms with Crippen LogP contribution in [0.3, 0.4) is 0 Å². The fourth-order valence-corrected chi connectivity index (χ4v) is 1.44. The van der Waals surface area contributed by atoms with Gasteiger partial charge in [-0.2, -0.15) is 0 Å². The van der Waals surface area contributed by atoms with Crippen LogP contribution in [0.25, 0.3) is 0 Å². The normalized spacial score (nSPS) is 12.9. The molecule has 1 atom stereocenters. The Kier molecular flexibility index (Phi) is 3.61. The van der Waals surface area contributed by atoms with Gasteiger partial charge in [-0.1, -0.05) is 20.8 Å². The van der Waals surface area contributed by atoms with E-state index in [1.54, 1.807) is 13.0 Å². The molecule has 1 rings (SSSR count). The molecule has 1 unspecified atom stereocenters. The van der Waals surface area contributed by atoms with Gasteiger partial charge in [-0.3, -0.25) is 4.79 Å². The maximum atomic E-state index is 13.1. The van der Waals surface area contributed by atoms with Crippen molar-refractivity contribution in [2.75, 3.05) is 0 Å².